The smallest absolute Gasteiger partial charge is 0.270 e. The number of rotatable bonds is 3. The molecule has 8 nitrogen and oxygen atoms in total. The van der Waals surface area contributed by atoms with Crippen LogP contribution in [0.5, 0.6) is 0 Å². The monoisotopic (exact) mass is 317 g/mol. The SMILES string of the molecule is Cc1nc(C)c(C(=O)Nc2n[nH]c3ccc([N+](=O)[O-])cc23)s1. The molecule has 0 aliphatic carbocycles. The van der Waals surface area contributed by atoms with E-state index in [4.69, 9.17) is 0 Å². The molecule has 2 aromatic heterocycles. The Kier molecular flexibility index (Phi) is 3.33. The van der Waals surface area contributed by atoms with Gasteiger partial charge in [0.2, 0.25) is 0 Å². The number of fused-ring (bicyclic) bond motifs is 1. The maximum Gasteiger partial charge on any atom is 0.270 e. The zero-order valence-corrected chi connectivity index (χ0v) is 12.5. The lowest BCUT2D eigenvalue weighted by Crippen LogP contribution is -2.12. The molecule has 2 N–H and O–H groups in total. The molecule has 3 rings (SSSR count). The molecule has 0 bridgehead atoms. The van der Waals surface area contributed by atoms with Gasteiger partial charge < -0.3 is 5.32 Å². The van der Waals surface area contributed by atoms with E-state index in [1.165, 1.54) is 23.5 Å². The number of aryl methyl sites for hydroxylation is 2. The van der Waals surface area contributed by atoms with Gasteiger partial charge in [0, 0.05) is 12.1 Å². The number of aromatic amines is 1. The van der Waals surface area contributed by atoms with E-state index in [1.807, 2.05) is 6.92 Å². The van der Waals surface area contributed by atoms with Gasteiger partial charge in [-0.05, 0) is 19.9 Å². The summed E-state index contributed by atoms with van der Waals surface area (Å²) >= 11 is 1.29. The van der Waals surface area contributed by atoms with Crippen LogP contribution in [0.3, 0.4) is 0 Å². The highest BCUT2D eigenvalue weighted by molar-refractivity contribution is 7.13. The molecule has 0 atom stereocenters. The van der Waals surface area contributed by atoms with Gasteiger partial charge in [-0.2, -0.15) is 5.10 Å². The molecule has 0 aliphatic heterocycles. The van der Waals surface area contributed by atoms with Crippen molar-refractivity contribution in [2.24, 2.45) is 0 Å². The molecule has 22 heavy (non-hydrogen) atoms. The first kappa shape index (κ1) is 14.1. The highest BCUT2D eigenvalue weighted by atomic mass is 32.1. The number of anilines is 1. The van der Waals surface area contributed by atoms with Gasteiger partial charge in [0.1, 0.15) is 4.88 Å². The average Bonchev–Trinajstić information content (AvgIpc) is 3.01. The Balaban J connectivity index is 1.96. The fourth-order valence-corrected chi connectivity index (χ4v) is 2.93. The largest absolute Gasteiger partial charge is 0.304 e. The van der Waals surface area contributed by atoms with Gasteiger partial charge in [-0.15, -0.1) is 11.3 Å². The number of benzene rings is 1. The van der Waals surface area contributed by atoms with Crippen LogP contribution in [0.15, 0.2) is 18.2 Å². The molecular formula is C13H11N5O3S. The molecule has 0 radical (unpaired) electrons. The summed E-state index contributed by atoms with van der Waals surface area (Å²) in [4.78, 5) is 27.3. The quantitative estimate of drug-likeness (QED) is 0.569. The van der Waals surface area contributed by atoms with E-state index in [1.54, 1.807) is 13.0 Å². The lowest BCUT2D eigenvalue weighted by molar-refractivity contribution is -0.384. The summed E-state index contributed by atoms with van der Waals surface area (Å²) in [6.45, 7) is 3.58. The number of hydrogen-bond donors (Lipinski definition) is 2. The summed E-state index contributed by atoms with van der Waals surface area (Å²) in [7, 11) is 0. The van der Waals surface area contributed by atoms with Crippen LogP contribution in [0.4, 0.5) is 11.5 Å². The van der Waals surface area contributed by atoms with Gasteiger partial charge in [-0.3, -0.25) is 20.0 Å². The average molecular weight is 317 g/mol. The Labute approximate surface area is 128 Å². The van der Waals surface area contributed by atoms with Crippen LogP contribution in [-0.2, 0) is 0 Å². The molecule has 0 unspecified atom stereocenters. The van der Waals surface area contributed by atoms with E-state index < -0.39 is 4.92 Å². The van der Waals surface area contributed by atoms with Crippen molar-refractivity contribution in [3.8, 4) is 0 Å². The fraction of sp³-hybridized carbons (Fsp3) is 0.154. The van der Waals surface area contributed by atoms with E-state index in [2.05, 4.69) is 20.5 Å². The first-order valence-corrected chi connectivity index (χ1v) is 7.15. The zero-order chi connectivity index (χ0) is 15.9. The van der Waals surface area contributed by atoms with Crippen molar-refractivity contribution >= 4 is 39.7 Å². The number of carbonyl (C=O) groups excluding carboxylic acids is 1. The number of aromatic nitrogens is 3. The molecule has 2 heterocycles. The highest BCUT2D eigenvalue weighted by Crippen LogP contribution is 2.26. The summed E-state index contributed by atoms with van der Waals surface area (Å²) in [6.07, 6.45) is 0. The Bertz CT molecular complexity index is 898. The maximum absolute atomic E-state index is 12.3. The molecule has 112 valence electrons. The van der Waals surface area contributed by atoms with Gasteiger partial charge in [-0.1, -0.05) is 0 Å². The number of nitrogens with zero attached hydrogens (tertiary/aromatic N) is 3. The predicted octanol–water partition coefficient (Wildman–Crippen LogP) is 2.80. The summed E-state index contributed by atoms with van der Waals surface area (Å²) in [5.41, 5.74) is 1.19. The van der Waals surface area contributed by atoms with Crippen molar-refractivity contribution in [3.05, 3.63) is 43.9 Å². The van der Waals surface area contributed by atoms with Crippen LogP contribution in [0.1, 0.15) is 20.4 Å². The van der Waals surface area contributed by atoms with E-state index in [0.717, 1.165) is 5.01 Å². The minimum absolute atomic E-state index is 0.0609. The lowest BCUT2D eigenvalue weighted by Gasteiger charge is -2.01. The first-order chi connectivity index (χ1) is 10.5. The van der Waals surface area contributed by atoms with Crippen molar-refractivity contribution in [2.45, 2.75) is 13.8 Å². The molecule has 0 spiro atoms. The second-order valence-corrected chi connectivity index (χ2v) is 5.86. The number of amides is 1. The number of nitrogens with one attached hydrogen (secondary N) is 2. The first-order valence-electron chi connectivity index (χ1n) is 6.33. The molecule has 3 aromatic rings. The molecule has 0 saturated heterocycles. The minimum atomic E-state index is -0.491. The van der Waals surface area contributed by atoms with Crippen LogP contribution in [0.25, 0.3) is 10.9 Å². The fourth-order valence-electron chi connectivity index (χ4n) is 2.12. The normalized spacial score (nSPS) is 10.8. The van der Waals surface area contributed by atoms with Gasteiger partial charge >= 0.3 is 0 Å². The van der Waals surface area contributed by atoms with Crippen LogP contribution in [0.2, 0.25) is 0 Å². The number of nitro groups is 1. The summed E-state index contributed by atoms with van der Waals surface area (Å²) in [5, 5.41) is 21.5. The van der Waals surface area contributed by atoms with Crippen molar-refractivity contribution in [2.75, 3.05) is 5.32 Å². The Morgan fingerprint density at radius 1 is 1.41 bits per heavy atom. The number of carbonyl (C=O) groups is 1. The zero-order valence-electron chi connectivity index (χ0n) is 11.7. The number of hydrogen-bond acceptors (Lipinski definition) is 6. The number of non-ortho nitro benzene ring substituents is 1. The summed E-state index contributed by atoms with van der Waals surface area (Å²) < 4.78 is 0. The topological polar surface area (TPSA) is 114 Å². The predicted molar refractivity (Wildman–Crippen MR) is 82.3 cm³/mol. The van der Waals surface area contributed by atoms with E-state index >= 15 is 0 Å². The van der Waals surface area contributed by atoms with Crippen molar-refractivity contribution < 1.29 is 9.72 Å². The number of thiazole rings is 1. The van der Waals surface area contributed by atoms with Crippen molar-refractivity contribution in [1.82, 2.24) is 15.2 Å². The Morgan fingerprint density at radius 3 is 2.82 bits per heavy atom. The second kappa shape index (κ2) is 5.19. The third-order valence-corrected chi connectivity index (χ3v) is 4.17. The third-order valence-electron chi connectivity index (χ3n) is 3.10. The summed E-state index contributed by atoms with van der Waals surface area (Å²) in [5.74, 6) is -0.0721. The lowest BCUT2D eigenvalue weighted by atomic mass is 10.2. The maximum atomic E-state index is 12.3. The van der Waals surface area contributed by atoms with Crippen molar-refractivity contribution in [1.29, 1.82) is 0 Å². The van der Waals surface area contributed by atoms with Crippen molar-refractivity contribution in [3.63, 3.8) is 0 Å². The van der Waals surface area contributed by atoms with Crippen LogP contribution in [-0.4, -0.2) is 26.0 Å². The molecule has 0 saturated carbocycles. The molecule has 9 heteroatoms. The van der Waals surface area contributed by atoms with Gasteiger partial charge in [-0.25, -0.2) is 4.98 Å². The number of H-pyrrole nitrogens is 1. The summed E-state index contributed by atoms with van der Waals surface area (Å²) in [6, 6.07) is 4.31. The Hall–Kier alpha value is -2.81. The van der Waals surface area contributed by atoms with Gasteiger partial charge in [0.25, 0.3) is 11.6 Å². The number of nitro benzene ring substituents is 1. The van der Waals surface area contributed by atoms with Crippen LogP contribution >= 0.6 is 11.3 Å². The molecule has 0 fully saturated rings. The molecular weight excluding hydrogens is 306 g/mol. The standard InChI is InChI=1S/C13H11N5O3S/c1-6-11(22-7(2)14-6)13(19)15-12-9-5-8(18(20)21)3-4-10(9)16-17-12/h3-5H,1-2H3,(H2,15,16,17,19). The highest BCUT2D eigenvalue weighted by Gasteiger charge is 2.17. The van der Waals surface area contributed by atoms with Crippen LogP contribution in [0, 0.1) is 24.0 Å². The second-order valence-electron chi connectivity index (χ2n) is 4.66. The Morgan fingerprint density at radius 2 is 2.18 bits per heavy atom. The van der Waals surface area contributed by atoms with Crippen LogP contribution < -0.4 is 5.32 Å². The molecule has 1 amide bonds. The van der Waals surface area contributed by atoms with E-state index in [0.29, 0.717) is 21.5 Å². The molecule has 0 aliphatic rings. The van der Waals surface area contributed by atoms with Gasteiger partial charge in [0.05, 0.1) is 26.5 Å². The van der Waals surface area contributed by atoms with Gasteiger partial charge in [0.15, 0.2) is 5.82 Å². The minimum Gasteiger partial charge on any atom is -0.304 e. The third kappa shape index (κ3) is 2.42. The molecule has 1 aromatic carbocycles. The van der Waals surface area contributed by atoms with E-state index in [9.17, 15) is 14.9 Å². The van der Waals surface area contributed by atoms with E-state index in [-0.39, 0.29) is 17.4 Å².